The second-order valence-electron chi connectivity index (χ2n) is 7.00. The summed E-state index contributed by atoms with van der Waals surface area (Å²) >= 11 is 0. The van der Waals surface area contributed by atoms with E-state index in [0.717, 1.165) is 6.42 Å². The SMILES string of the molecule is CCCCCC.CCCCCCCCCCC=CC1CC(=O)OC1=O. The van der Waals surface area contributed by atoms with Gasteiger partial charge < -0.3 is 4.74 Å². The predicted octanol–water partition coefficient (Wildman–Crippen LogP) is 6.75. The standard InChI is InChI=1S/C16H26O3.C6H14/c1-2-3-4-5-6-7-8-9-10-11-12-14-13-15(17)19-16(14)18;1-3-5-6-4-2/h11-12,14H,2-10,13H2,1H3;3-6H2,1-2H3. The molecule has 1 fully saturated rings. The van der Waals surface area contributed by atoms with E-state index in [1.54, 1.807) is 0 Å². The van der Waals surface area contributed by atoms with Crippen LogP contribution in [0.15, 0.2) is 12.2 Å². The normalized spacial score (nSPS) is 16.8. The average Bonchev–Trinajstić information content (AvgIpc) is 2.92. The molecule has 146 valence electrons. The summed E-state index contributed by atoms with van der Waals surface area (Å²) in [5.74, 6) is -1.12. The molecule has 3 heteroatoms. The lowest BCUT2D eigenvalue weighted by Crippen LogP contribution is -2.03. The molecular weight excluding hydrogens is 312 g/mol. The number of esters is 2. The van der Waals surface area contributed by atoms with E-state index >= 15 is 0 Å². The zero-order chi connectivity index (χ0) is 18.8. The Bertz CT molecular complexity index is 356. The van der Waals surface area contributed by atoms with Gasteiger partial charge in [-0.3, -0.25) is 9.59 Å². The number of carbonyl (C=O) groups excluding carboxylic acids is 2. The van der Waals surface area contributed by atoms with Crippen molar-refractivity contribution in [3.63, 3.8) is 0 Å². The van der Waals surface area contributed by atoms with Crippen LogP contribution in [0.2, 0.25) is 0 Å². The molecule has 0 aromatic heterocycles. The first-order valence-corrected chi connectivity index (χ1v) is 10.6. The molecule has 0 N–H and O–H groups in total. The number of hydrogen-bond donors (Lipinski definition) is 0. The van der Waals surface area contributed by atoms with Crippen LogP contribution in [0, 0.1) is 5.92 Å². The van der Waals surface area contributed by atoms with Crippen molar-refractivity contribution in [2.75, 3.05) is 0 Å². The van der Waals surface area contributed by atoms with Gasteiger partial charge in [-0.25, -0.2) is 0 Å². The molecule has 1 saturated heterocycles. The number of allylic oxidation sites excluding steroid dienone is 1. The van der Waals surface area contributed by atoms with Crippen molar-refractivity contribution in [2.24, 2.45) is 5.92 Å². The molecule has 1 aliphatic heterocycles. The van der Waals surface area contributed by atoms with Gasteiger partial charge in [-0.15, -0.1) is 0 Å². The van der Waals surface area contributed by atoms with Crippen LogP contribution in [0.1, 0.15) is 111 Å². The van der Waals surface area contributed by atoms with Crippen molar-refractivity contribution < 1.29 is 14.3 Å². The Labute approximate surface area is 155 Å². The van der Waals surface area contributed by atoms with Gasteiger partial charge in [0.25, 0.3) is 0 Å². The van der Waals surface area contributed by atoms with Gasteiger partial charge in [0.2, 0.25) is 0 Å². The lowest BCUT2D eigenvalue weighted by atomic mass is 10.0. The van der Waals surface area contributed by atoms with Gasteiger partial charge >= 0.3 is 11.9 Å². The van der Waals surface area contributed by atoms with Crippen molar-refractivity contribution in [3.8, 4) is 0 Å². The number of hydrogen-bond acceptors (Lipinski definition) is 3. The number of ether oxygens (including phenoxy) is 1. The molecular formula is C22H40O3. The number of rotatable bonds is 13. The molecule has 1 unspecified atom stereocenters. The van der Waals surface area contributed by atoms with Crippen LogP contribution in [-0.4, -0.2) is 11.9 Å². The van der Waals surface area contributed by atoms with Crippen LogP contribution >= 0.6 is 0 Å². The Hall–Kier alpha value is -1.12. The van der Waals surface area contributed by atoms with E-state index in [9.17, 15) is 9.59 Å². The lowest BCUT2D eigenvalue weighted by Gasteiger charge is -2.00. The highest BCUT2D eigenvalue weighted by molar-refractivity contribution is 5.95. The zero-order valence-corrected chi connectivity index (χ0v) is 16.9. The van der Waals surface area contributed by atoms with Gasteiger partial charge in [-0.1, -0.05) is 104 Å². The van der Waals surface area contributed by atoms with Crippen LogP contribution in [0.25, 0.3) is 0 Å². The second kappa shape index (κ2) is 17.7. The zero-order valence-electron chi connectivity index (χ0n) is 16.9. The van der Waals surface area contributed by atoms with Gasteiger partial charge in [-0.05, 0) is 12.8 Å². The molecule has 1 heterocycles. The topological polar surface area (TPSA) is 43.4 Å². The van der Waals surface area contributed by atoms with Crippen molar-refractivity contribution in [3.05, 3.63) is 12.2 Å². The molecule has 0 spiro atoms. The molecule has 3 nitrogen and oxygen atoms in total. The monoisotopic (exact) mass is 352 g/mol. The number of cyclic esters (lactones) is 2. The fourth-order valence-electron chi connectivity index (χ4n) is 2.80. The van der Waals surface area contributed by atoms with Crippen LogP contribution in [0.4, 0.5) is 0 Å². The van der Waals surface area contributed by atoms with Crippen LogP contribution in [-0.2, 0) is 14.3 Å². The van der Waals surface area contributed by atoms with Crippen LogP contribution in [0.5, 0.6) is 0 Å². The quantitative estimate of drug-likeness (QED) is 0.159. The maximum absolute atomic E-state index is 11.2. The van der Waals surface area contributed by atoms with E-state index in [1.807, 2.05) is 12.2 Å². The Morgan fingerprint density at radius 3 is 1.76 bits per heavy atom. The van der Waals surface area contributed by atoms with Crippen molar-refractivity contribution in [1.82, 2.24) is 0 Å². The van der Waals surface area contributed by atoms with E-state index in [4.69, 9.17) is 0 Å². The van der Waals surface area contributed by atoms with Crippen molar-refractivity contribution >= 4 is 11.9 Å². The van der Waals surface area contributed by atoms with Crippen LogP contribution < -0.4 is 0 Å². The largest absolute Gasteiger partial charge is 0.393 e. The Morgan fingerprint density at radius 2 is 1.28 bits per heavy atom. The minimum atomic E-state index is -0.397. The molecule has 0 saturated carbocycles. The summed E-state index contributed by atoms with van der Waals surface area (Å²) in [6.07, 6.45) is 21.0. The van der Waals surface area contributed by atoms with Crippen molar-refractivity contribution in [1.29, 1.82) is 0 Å². The molecule has 0 amide bonds. The highest BCUT2D eigenvalue weighted by atomic mass is 16.6. The summed E-state index contributed by atoms with van der Waals surface area (Å²) in [5, 5.41) is 0. The van der Waals surface area contributed by atoms with Crippen LogP contribution in [0.3, 0.4) is 0 Å². The summed E-state index contributed by atoms with van der Waals surface area (Å²) in [4.78, 5) is 22.1. The van der Waals surface area contributed by atoms with Gasteiger partial charge in [-0.2, -0.15) is 0 Å². The molecule has 0 aromatic carbocycles. The second-order valence-corrected chi connectivity index (χ2v) is 7.00. The van der Waals surface area contributed by atoms with E-state index < -0.39 is 11.9 Å². The van der Waals surface area contributed by atoms with Gasteiger partial charge in [0, 0.05) is 0 Å². The van der Waals surface area contributed by atoms with E-state index in [0.29, 0.717) is 0 Å². The first-order chi connectivity index (χ1) is 12.2. The van der Waals surface area contributed by atoms with E-state index in [1.165, 1.54) is 77.0 Å². The number of carbonyl (C=O) groups is 2. The first-order valence-electron chi connectivity index (χ1n) is 10.6. The van der Waals surface area contributed by atoms with E-state index in [2.05, 4.69) is 25.5 Å². The summed E-state index contributed by atoms with van der Waals surface area (Å²) in [6, 6.07) is 0. The highest BCUT2D eigenvalue weighted by Gasteiger charge is 2.30. The van der Waals surface area contributed by atoms with E-state index in [-0.39, 0.29) is 12.3 Å². The molecule has 1 atom stereocenters. The Morgan fingerprint density at radius 1 is 0.800 bits per heavy atom. The first kappa shape index (κ1) is 23.9. The molecule has 0 bridgehead atoms. The third-order valence-electron chi connectivity index (χ3n) is 4.45. The third kappa shape index (κ3) is 14.9. The fourth-order valence-corrected chi connectivity index (χ4v) is 2.80. The molecule has 25 heavy (non-hydrogen) atoms. The predicted molar refractivity (Wildman–Crippen MR) is 105 cm³/mol. The van der Waals surface area contributed by atoms with Gasteiger partial charge in [0.1, 0.15) is 0 Å². The fraction of sp³-hybridized carbons (Fsp3) is 0.818. The average molecular weight is 353 g/mol. The maximum atomic E-state index is 11.2. The lowest BCUT2D eigenvalue weighted by molar-refractivity contribution is -0.152. The smallest absolute Gasteiger partial charge is 0.321 e. The summed E-state index contributed by atoms with van der Waals surface area (Å²) in [5.41, 5.74) is 0. The summed E-state index contributed by atoms with van der Waals surface area (Å²) in [7, 11) is 0. The minimum absolute atomic E-state index is 0.215. The summed E-state index contributed by atoms with van der Waals surface area (Å²) < 4.78 is 4.49. The summed E-state index contributed by atoms with van der Waals surface area (Å²) in [6.45, 7) is 6.70. The molecule has 1 aliphatic rings. The Balaban J connectivity index is 0.000000823. The highest BCUT2D eigenvalue weighted by Crippen LogP contribution is 2.17. The maximum Gasteiger partial charge on any atom is 0.321 e. The molecule has 1 rings (SSSR count). The third-order valence-corrected chi connectivity index (χ3v) is 4.45. The van der Waals surface area contributed by atoms with Gasteiger partial charge in [0.15, 0.2) is 0 Å². The molecule has 0 aromatic rings. The molecule has 0 aliphatic carbocycles. The van der Waals surface area contributed by atoms with Gasteiger partial charge in [0.05, 0.1) is 12.3 Å². The molecule has 0 radical (unpaired) electrons. The number of unbranched alkanes of at least 4 members (excludes halogenated alkanes) is 11. The van der Waals surface area contributed by atoms with Crippen molar-refractivity contribution in [2.45, 2.75) is 111 Å². The minimum Gasteiger partial charge on any atom is -0.393 e. The Kier molecular flexibility index (Phi) is 16.9.